The molecule has 0 fully saturated rings. The zero-order chi connectivity index (χ0) is 12.2. The first-order valence-corrected chi connectivity index (χ1v) is 4.64. The van der Waals surface area contributed by atoms with Crippen molar-refractivity contribution in [2.45, 2.75) is 12.6 Å². The number of hydrogen-bond acceptors (Lipinski definition) is 1. The van der Waals surface area contributed by atoms with Crippen molar-refractivity contribution < 1.29 is 17.6 Å². The van der Waals surface area contributed by atoms with E-state index in [1.807, 2.05) is 0 Å². The Morgan fingerprint density at radius 3 is 2.47 bits per heavy atom. The average molecular weight is 270 g/mol. The lowest BCUT2D eigenvalue weighted by Gasteiger charge is -2.07. The second-order valence-electron chi connectivity index (χ2n) is 3.26. The summed E-state index contributed by atoms with van der Waals surface area (Å²) in [6.45, 7) is -0.237. The van der Waals surface area contributed by atoms with Gasteiger partial charge in [0.25, 0.3) is 0 Å². The van der Waals surface area contributed by atoms with Gasteiger partial charge in [-0.1, -0.05) is 18.2 Å². The molecule has 1 nitrogen and oxygen atoms in total. The Morgan fingerprint density at radius 1 is 1.29 bits per heavy atom. The molecule has 1 aromatic rings. The molecular weight excluding hydrogens is 258 g/mol. The average Bonchev–Trinajstić information content (AvgIpc) is 2.25. The van der Waals surface area contributed by atoms with Crippen molar-refractivity contribution in [1.29, 1.82) is 0 Å². The lowest BCUT2D eigenvalue weighted by molar-refractivity contribution is -0.137. The number of halogens is 5. The fraction of sp³-hybridized carbons (Fsp3) is 0.273. The van der Waals surface area contributed by atoms with Crippen molar-refractivity contribution >= 4 is 12.4 Å². The van der Waals surface area contributed by atoms with Crippen LogP contribution in [-0.4, -0.2) is 6.54 Å². The van der Waals surface area contributed by atoms with E-state index in [0.717, 1.165) is 12.1 Å². The van der Waals surface area contributed by atoms with Gasteiger partial charge in [0, 0.05) is 6.54 Å². The molecule has 0 bridgehead atoms. The van der Waals surface area contributed by atoms with E-state index in [-0.39, 0.29) is 25.4 Å². The first-order chi connectivity index (χ1) is 7.43. The smallest absolute Gasteiger partial charge is 0.325 e. The number of nitrogens with two attached hydrogens (primary N) is 1. The van der Waals surface area contributed by atoms with Crippen LogP contribution >= 0.6 is 12.4 Å². The molecule has 0 radical (unpaired) electrons. The second kappa shape index (κ2) is 6.61. The third-order valence-corrected chi connectivity index (χ3v) is 2.01. The molecule has 1 aromatic carbocycles. The van der Waals surface area contributed by atoms with E-state index in [0.29, 0.717) is 5.56 Å². The van der Waals surface area contributed by atoms with E-state index in [1.165, 1.54) is 18.2 Å². The molecule has 0 aliphatic heterocycles. The number of alkyl halides is 3. The fourth-order valence-electron chi connectivity index (χ4n) is 1.19. The minimum absolute atomic E-state index is 0. The van der Waals surface area contributed by atoms with Gasteiger partial charge in [0.15, 0.2) is 0 Å². The third kappa shape index (κ3) is 5.19. The number of benzene rings is 1. The predicted molar refractivity (Wildman–Crippen MR) is 60.6 cm³/mol. The molecule has 0 aliphatic rings. The number of rotatable bonds is 3. The van der Waals surface area contributed by atoms with Crippen molar-refractivity contribution in [1.82, 2.24) is 0 Å². The number of allylic oxidation sites excluding steroid dienone is 1. The van der Waals surface area contributed by atoms with E-state index >= 15 is 0 Å². The first-order valence-electron chi connectivity index (χ1n) is 4.64. The van der Waals surface area contributed by atoms with Crippen LogP contribution in [0.25, 0.3) is 0 Å². The summed E-state index contributed by atoms with van der Waals surface area (Å²) in [5, 5.41) is 0. The molecule has 0 atom stereocenters. The van der Waals surface area contributed by atoms with Crippen molar-refractivity contribution in [2.75, 3.05) is 6.54 Å². The van der Waals surface area contributed by atoms with Gasteiger partial charge in [0.2, 0.25) is 0 Å². The molecule has 96 valence electrons. The van der Waals surface area contributed by atoms with E-state index in [2.05, 4.69) is 0 Å². The quantitative estimate of drug-likeness (QED) is 0.836. The van der Waals surface area contributed by atoms with Crippen LogP contribution < -0.4 is 5.73 Å². The summed E-state index contributed by atoms with van der Waals surface area (Å²) >= 11 is 0. The van der Waals surface area contributed by atoms with Crippen molar-refractivity contribution in [3.05, 3.63) is 47.3 Å². The van der Waals surface area contributed by atoms with E-state index in [1.54, 1.807) is 0 Å². The van der Waals surface area contributed by atoms with Gasteiger partial charge in [-0.2, -0.15) is 13.2 Å². The SMILES string of the molecule is Cl.NCC(F)=CCc1cccc(C(F)(F)F)c1. The molecular formula is C11H12ClF4N. The molecule has 0 amide bonds. The largest absolute Gasteiger partial charge is 0.416 e. The summed E-state index contributed by atoms with van der Waals surface area (Å²) in [7, 11) is 0. The zero-order valence-electron chi connectivity index (χ0n) is 8.80. The minimum atomic E-state index is -4.37. The molecule has 0 saturated carbocycles. The Hall–Kier alpha value is -1.07. The van der Waals surface area contributed by atoms with E-state index in [4.69, 9.17) is 5.73 Å². The molecule has 0 aliphatic carbocycles. The highest BCUT2D eigenvalue weighted by molar-refractivity contribution is 5.85. The Labute approximate surface area is 103 Å². The molecule has 1 rings (SSSR count). The predicted octanol–water partition coefficient (Wildman–Crippen LogP) is 3.48. The van der Waals surface area contributed by atoms with Gasteiger partial charge in [-0.15, -0.1) is 12.4 Å². The lowest BCUT2D eigenvalue weighted by atomic mass is 10.1. The van der Waals surface area contributed by atoms with Gasteiger partial charge in [-0.3, -0.25) is 0 Å². The van der Waals surface area contributed by atoms with Crippen LogP contribution in [0.1, 0.15) is 11.1 Å². The summed E-state index contributed by atoms with van der Waals surface area (Å²) in [6.07, 6.45) is -3.09. The standard InChI is InChI=1S/C11H11F4N.ClH/c12-10(7-16)5-4-8-2-1-3-9(6-8)11(13,14)15;/h1-3,5-6H,4,7,16H2;1H. The highest BCUT2D eigenvalue weighted by Gasteiger charge is 2.30. The molecule has 0 spiro atoms. The topological polar surface area (TPSA) is 26.0 Å². The molecule has 6 heteroatoms. The lowest BCUT2D eigenvalue weighted by Crippen LogP contribution is -2.05. The molecule has 0 heterocycles. The monoisotopic (exact) mass is 269 g/mol. The Kier molecular flexibility index (Phi) is 6.20. The highest BCUT2D eigenvalue weighted by Crippen LogP contribution is 2.29. The molecule has 0 saturated heterocycles. The van der Waals surface area contributed by atoms with Crippen LogP contribution in [0, 0.1) is 0 Å². The zero-order valence-corrected chi connectivity index (χ0v) is 9.61. The van der Waals surface area contributed by atoms with Gasteiger partial charge in [-0.25, -0.2) is 4.39 Å². The molecule has 0 unspecified atom stereocenters. The minimum Gasteiger partial charge on any atom is -0.325 e. The third-order valence-electron chi connectivity index (χ3n) is 2.01. The van der Waals surface area contributed by atoms with Crippen molar-refractivity contribution in [3.63, 3.8) is 0 Å². The maximum absolute atomic E-state index is 12.7. The van der Waals surface area contributed by atoms with Gasteiger partial charge in [0.05, 0.1) is 5.56 Å². The summed E-state index contributed by atoms with van der Waals surface area (Å²) in [4.78, 5) is 0. The summed E-state index contributed by atoms with van der Waals surface area (Å²) in [6, 6.07) is 4.79. The van der Waals surface area contributed by atoms with Gasteiger partial charge < -0.3 is 5.73 Å². The molecule has 17 heavy (non-hydrogen) atoms. The maximum Gasteiger partial charge on any atom is 0.416 e. The summed E-state index contributed by atoms with van der Waals surface area (Å²) < 4.78 is 49.6. The summed E-state index contributed by atoms with van der Waals surface area (Å²) in [5.41, 5.74) is 4.68. The van der Waals surface area contributed by atoms with Crippen LogP contribution in [0.5, 0.6) is 0 Å². The highest BCUT2D eigenvalue weighted by atomic mass is 35.5. The normalized spacial score (nSPS) is 12.2. The van der Waals surface area contributed by atoms with Gasteiger partial charge in [-0.05, 0) is 24.1 Å². The second-order valence-corrected chi connectivity index (χ2v) is 3.26. The van der Waals surface area contributed by atoms with E-state index < -0.39 is 17.6 Å². The van der Waals surface area contributed by atoms with Crippen LogP contribution in [-0.2, 0) is 12.6 Å². The Bertz CT molecular complexity index is 387. The first kappa shape index (κ1) is 15.9. The fourth-order valence-corrected chi connectivity index (χ4v) is 1.19. The maximum atomic E-state index is 12.7. The van der Waals surface area contributed by atoms with Crippen LogP contribution in [0.15, 0.2) is 36.2 Å². The van der Waals surface area contributed by atoms with Gasteiger partial charge >= 0.3 is 6.18 Å². The van der Waals surface area contributed by atoms with Gasteiger partial charge in [0.1, 0.15) is 5.83 Å². The van der Waals surface area contributed by atoms with Crippen molar-refractivity contribution in [3.8, 4) is 0 Å². The summed E-state index contributed by atoms with van der Waals surface area (Å²) in [5.74, 6) is -0.530. The Balaban J connectivity index is 0.00000256. The van der Waals surface area contributed by atoms with Crippen molar-refractivity contribution in [2.24, 2.45) is 5.73 Å². The van der Waals surface area contributed by atoms with Crippen LogP contribution in [0.2, 0.25) is 0 Å². The number of hydrogen-bond donors (Lipinski definition) is 1. The van der Waals surface area contributed by atoms with Crippen LogP contribution in [0.3, 0.4) is 0 Å². The molecule has 2 N–H and O–H groups in total. The van der Waals surface area contributed by atoms with E-state index in [9.17, 15) is 17.6 Å². The molecule has 0 aromatic heterocycles. The Morgan fingerprint density at radius 2 is 1.94 bits per heavy atom. The van der Waals surface area contributed by atoms with Crippen LogP contribution in [0.4, 0.5) is 17.6 Å².